The molecular formula is C12H17NO5S. The number of hydrogen-bond acceptors (Lipinski definition) is 5. The minimum atomic E-state index is -3.71. The van der Waals surface area contributed by atoms with Crippen LogP contribution in [0.5, 0.6) is 0 Å². The Morgan fingerprint density at radius 2 is 2.11 bits per heavy atom. The first-order valence-corrected chi connectivity index (χ1v) is 7.20. The van der Waals surface area contributed by atoms with E-state index in [0.717, 1.165) is 4.31 Å². The maximum atomic E-state index is 12.3. The quantitative estimate of drug-likeness (QED) is 0.769. The van der Waals surface area contributed by atoms with Gasteiger partial charge < -0.3 is 9.84 Å². The molecular weight excluding hydrogens is 270 g/mol. The molecule has 0 aliphatic heterocycles. The van der Waals surface area contributed by atoms with Crippen molar-refractivity contribution in [3.05, 3.63) is 29.8 Å². The molecule has 0 aliphatic carbocycles. The number of esters is 1. The smallest absolute Gasteiger partial charge is 0.337 e. The van der Waals surface area contributed by atoms with Gasteiger partial charge in [-0.2, -0.15) is 4.31 Å². The van der Waals surface area contributed by atoms with E-state index in [-0.39, 0.29) is 30.2 Å². The van der Waals surface area contributed by atoms with Crippen molar-refractivity contribution in [1.29, 1.82) is 0 Å². The first kappa shape index (κ1) is 15.6. The molecule has 0 heterocycles. The predicted molar refractivity (Wildman–Crippen MR) is 69.3 cm³/mol. The minimum Gasteiger partial charge on any atom is -0.465 e. The molecule has 0 saturated heterocycles. The van der Waals surface area contributed by atoms with E-state index in [1.54, 1.807) is 6.92 Å². The van der Waals surface area contributed by atoms with Gasteiger partial charge in [0.05, 0.1) is 24.2 Å². The van der Waals surface area contributed by atoms with Crippen LogP contribution >= 0.6 is 0 Å². The highest BCUT2D eigenvalue weighted by atomic mass is 32.2. The number of carbonyl (C=O) groups is 1. The van der Waals surface area contributed by atoms with Crippen LogP contribution in [-0.4, -0.2) is 50.6 Å². The first-order chi connectivity index (χ1) is 8.97. The molecule has 1 aromatic carbocycles. The second-order valence-electron chi connectivity index (χ2n) is 3.74. The molecule has 106 valence electrons. The van der Waals surface area contributed by atoms with E-state index in [1.165, 1.54) is 31.4 Å². The molecule has 0 radical (unpaired) electrons. The van der Waals surface area contributed by atoms with Crippen LogP contribution in [0.15, 0.2) is 29.2 Å². The van der Waals surface area contributed by atoms with Gasteiger partial charge in [0.2, 0.25) is 10.0 Å². The summed E-state index contributed by atoms with van der Waals surface area (Å²) in [4.78, 5) is 11.4. The number of methoxy groups -OCH3 is 1. The third kappa shape index (κ3) is 3.52. The molecule has 0 fully saturated rings. The van der Waals surface area contributed by atoms with Crippen LogP contribution < -0.4 is 0 Å². The first-order valence-electron chi connectivity index (χ1n) is 5.76. The summed E-state index contributed by atoms with van der Waals surface area (Å²) in [5.41, 5.74) is 0.170. The molecule has 1 aromatic rings. The third-order valence-electron chi connectivity index (χ3n) is 2.60. The Hall–Kier alpha value is -1.44. The Morgan fingerprint density at radius 1 is 1.42 bits per heavy atom. The van der Waals surface area contributed by atoms with Crippen LogP contribution in [0.2, 0.25) is 0 Å². The van der Waals surface area contributed by atoms with Crippen LogP contribution in [-0.2, 0) is 14.8 Å². The van der Waals surface area contributed by atoms with Gasteiger partial charge in [0, 0.05) is 13.1 Å². The van der Waals surface area contributed by atoms with E-state index in [9.17, 15) is 13.2 Å². The molecule has 0 aromatic heterocycles. The fourth-order valence-corrected chi connectivity index (χ4v) is 3.10. The maximum Gasteiger partial charge on any atom is 0.337 e. The zero-order chi connectivity index (χ0) is 14.5. The van der Waals surface area contributed by atoms with Gasteiger partial charge in [-0.05, 0) is 18.2 Å². The monoisotopic (exact) mass is 287 g/mol. The molecule has 0 unspecified atom stereocenters. The number of rotatable bonds is 6. The van der Waals surface area contributed by atoms with Gasteiger partial charge in [-0.1, -0.05) is 13.0 Å². The van der Waals surface area contributed by atoms with E-state index in [4.69, 9.17) is 5.11 Å². The summed E-state index contributed by atoms with van der Waals surface area (Å²) in [6, 6.07) is 5.63. The van der Waals surface area contributed by atoms with Crippen LogP contribution in [0.25, 0.3) is 0 Å². The lowest BCUT2D eigenvalue weighted by atomic mass is 10.2. The standard InChI is InChI=1S/C12H17NO5S/c1-3-13(7-8-14)19(16,17)11-6-4-5-10(9-11)12(15)18-2/h4-6,9,14H,3,7-8H2,1-2H3. The van der Waals surface area contributed by atoms with Crippen LogP contribution in [0.3, 0.4) is 0 Å². The molecule has 0 amide bonds. The van der Waals surface area contributed by atoms with Gasteiger partial charge in [-0.3, -0.25) is 0 Å². The van der Waals surface area contributed by atoms with Crippen LogP contribution in [0, 0.1) is 0 Å². The molecule has 0 atom stereocenters. The van der Waals surface area contributed by atoms with Crippen molar-refractivity contribution in [3.8, 4) is 0 Å². The van der Waals surface area contributed by atoms with Gasteiger partial charge >= 0.3 is 5.97 Å². The topological polar surface area (TPSA) is 83.9 Å². The Kier molecular flexibility index (Phi) is 5.46. The van der Waals surface area contributed by atoms with Gasteiger partial charge in [-0.15, -0.1) is 0 Å². The number of nitrogens with zero attached hydrogens (tertiary/aromatic N) is 1. The largest absolute Gasteiger partial charge is 0.465 e. The van der Waals surface area contributed by atoms with Crippen molar-refractivity contribution >= 4 is 16.0 Å². The molecule has 6 nitrogen and oxygen atoms in total. The van der Waals surface area contributed by atoms with Gasteiger partial charge in [0.1, 0.15) is 0 Å². The van der Waals surface area contributed by atoms with Crippen molar-refractivity contribution in [2.45, 2.75) is 11.8 Å². The molecule has 0 aliphatic rings. The molecule has 0 bridgehead atoms. The highest BCUT2D eigenvalue weighted by molar-refractivity contribution is 7.89. The zero-order valence-corrected chi connectivity index (χ0v) is 11.7. The van der Waals surface area contributed by atoms with E-state index >= 15 is 0 Å². The fraction of sp³-hybridized carbons (Fsp3) is 0.417. The summed E-state index contributed by atoms with van der Waals surface area (Å²) in [6.07, 6.45) is 0. The molecule has 7 heteroatoms. The van der Waals surface area contributed by atoms with Crippen molar-refractivity contribution < 1.29 is 23.1 Å². The third-order valence-corrected chi connectivity index (χ3v) is 4.57. The number of ether oxygens (including phenoxy) is 1. The second kappa shape index (κ2) is 6.65. The molecule has 0 spiro atoms. The molecule has 1 N–H and O–H groups in total. The Balaban J connectivity index is 3.17. The van der Waals surface area contributed by atoms with Gasteiger partial charge in [0.25, 0.3) is 0 Å². The lowest BCUT2D eigenvalue weighted by molar-refractivity contribution is 0.0600. The minimum absolute atomic E-state index is 0.00528. The lowest BCUT2D eigenvalue weighted by Crippen LogP contribution is -2.33. The second-order valence-corrected chi connectivity index (χ2v) is 5.68. The summed E-state index contributed by atoms with van der Waals surface area (Å²) in [5, 5.41) is 8.88. The summed E-state index contributed by atoms with van der Waals surface area (Å²) in [6.45, 7) is 1.67. The number of hydrogen-bond donors (Lipinski definition) is 1. The van der Waals surface area contributed by atoms with E-state index in [2.05, 4.69) is 4.74 Å². The van der Waals surface area contributed by atoms with E-state index in [0.29, 0.717) is 0 Å². The summed E-state index contributed by atoms with van der Waals surface area (Å²) >= 11 is 0. The molecule has 19 heavy (non-hydrogen) atoms. The van der Waals surface area contributed by atoms with Crippen molar-refractivity contribution in [3.63, 3.8) is 0 Å². The maximum absolute atomic E-state index is 12.3. The number of aliphatic hydroxyl groups excluding tert-OH is 1. The zero-order valence-electron chi connectivity index (χ0n) is 10.9. The van der Waals surface area contributed by atoms with Crippen LogP contribution in [0.4, 0.5) is 0 Å². The Labute approximate surface area is 112 Å². The summed E-state index contributed by atoms with van der Waals surface area (Å²) in [7, 11) is -2.48. The average molecular weight is 287 g/mol. The SMILES string of the molecule is CCN(CCO)S(=O)(=O)c1cccc(C(=O)OC)c1. The normalized spacial score (nSPS) is 11.6. The van der Waals surface area contributed by atoms with Crippen LogP contribution in [0.1, 0.15) is 17.3 Å². The fourth-order valence-electron chi connectivity index (χ4n) is 1.61. The van der Waals surface area contributed by atoms with E-state index < -0.39 is 16.0 Å². The molecule has 1 rings (SSSR count). The van der Waals surface area contributed by atoms with Crippen molar-refractivity contribution in [2.75, 3.05) is 26.8 Å². The van der Waals surface area contributed by atoms with Crippen molar-refractivity contribution in [1.82, 2.24) is 4.31 Å². The number of benzene rings is 1. The predicted octanol–water partition coefficient (Wildman–Crippen LogP) is 0.476. The van der Waals surface area contributed by atoms with Crippen molar-refractivity contribution in [2.24, 2.45) is 0 Å². The van der Waals surface area contributed by atoms with Gasteiger partial charge in [0.15, 0.2) is 0 Å². The van der Waals surface area contributed by atoms with Gasteiger partial charge in [-0.25, -0.2) is 13.2 Å². The highest BCUT2D eigenvalue weighted by Gasteiger charge is 2.23. The number of carbonyl (C=O) groups excluding carboxylic acids is 1. The number of sulfonamides is 1. The summed E-state index contributed by atoms with van der Waals surface area (Å²) < 4.78 is 30.3. The highest BCUT2D eigenvalue weighted by Crippen LogP contribution is 2.17. The Bertz CT molecular complexity index is 541. The summed E-state index contributed by atoms with van der Waals surface area (Å²) in [5.74, 6) is -0.595. The average Bonchev–Trinajstić information content (AvgIpc) is 2.43. The Morgan fingerprint density at radius 3 is 2.63 bits per heavy atom. The number of aliphatic hydroxyl groups is 1. The molecule has 0 saturated carbocycles. The lowest BCUT2D eigenvalue weighted by Gasteiger charge is -2.19. The number of likely N-dealkylation sites (N-methyl/N-ethyl adjacent to an activating group) is 1. The van der Waals surface area contributed by atoms with E-state index in [1.807, 2.05) is 0 Å².